The third-order valence-corrected chi connectivity index (χ3v) is 9.96. The fourth-order valence-corrected chi connectivity index (χ4v) is 7.43. The molecule has 23 heavy (non-hydrogen) atoms. The van der Waals surface area contributed by atoms with Crippen LogP contribution in [-0.4, -0.2) is 29.6 Å². The second-order valence-electron chi connectivity index (χ2n) is 7.32. The molecule has 0 aliphatic heterocycles. The molecule has 0 amide bonds. The maximum Gasteiger partial charge on any atom is 0.220 e. The van der Waals surface area contributed by atoms with E-state index in [-0.39, 0.29) is 17.5 Å². The van der Waals surface area contributed by atoms with Gasteiger partial charge in [-0.25, -0.2) is 8.42 Å². The molecule has 0 saturated heterocycles. The highest BCUT2D eigenvalue weighted by atomic mass is 32.2. The Morgan fingerprint density at radius 3 is 1.35 bits per heavy atom. The normalized spacial score (nSPS) is 16.6. The van der Waals surface area contributed by atoms with Gasteiger partial charge in [-0.3, -0.25) is 0 Å². The van der Waals surface area contributed by atoms with Crippen LogP contribution in [0.15, 0.2) is 0 Å². The van der Waals surface area contributed by atoms with Crippen LogP contribution in [-0.2, 0) is 10.0 Å². The minimum Gasteiger partial charge on any atom is -0.212 e. The Morgan fingerprint density at radius 2 is 1.13 bits per heavy atom. The van der Waals surface area contributed by atoms with Gasteiger partial charge in [0.15, 0.2) is 0 Å². The van der Waals surface area contributed by atoms with Gasteiger partial charge in [-0.1, -0.05) is 48.5 Å². The Labute approximate surface area is 146 Å². The average Bonchev–Trinajstić information content (AvgIpc) is 2.54. The van der Waals surface area contributed by atoms with Crippen molar-refractivity contribution >= 4 is 10.0 Å². The fourth-order valence-electron chi connectivity index (χ4n) is 4.14. The summed E-state index contributed by atoms with van der Waals surface area (Å²) in [6, 6.07) is 0.0933. The Balaban J connectivity index is 6.43. The van der Waals surface area contributed by atoms with Crippen molar-refractivity contribution in [3.63, 3.8) is 0 Å². The molecular formula is C19H41NO2S. The van der Waals surface area contributed by atoms with Gasteiger partial charge in [-0.2, -0.15) is 4.31 Å². The Hall–Kier alpha value is -0.0900. The number of hydrogen-bond donors (Lipinski definition) is 0. The van der Waals surface area contributed by atoms with Crippen LogP contribution < -0.4 is 0 Å². The summed E-state index contributed by atoms with van der Waals surface area (Å²) in [4.78, 5) is 0. The van der Waals surface area contributed by atoms with Crippen molar-refractivity contribution in [1.82, 2.24) is 4.31 Å². The molecule has 4 heteroatoms. The van der Waals surface area contributed by atoms with Crippen LogP contribution >= 0.6 is 0 Å². The predicted octanol–water partition coefficient (Wildman–Crippen LogP) is 5.60. The molecule has 140 valence electrons. The van der Waals surface area contributed by atoms with Gasteiger partial charge in [0.05, 0.1) is 4.75 Å². The van der Waals surface area contributed by atoms with E-state index in [0.29, 0.717) is 12.8 Å². The molecule has 0 aromatic carbocycles. The van der Waals surface area contributed by atoms with E-state index in [2.05, 4.69) is 62.3 Å². The van der Waals surface area contributed by atoms with Crippen molar-refractivity contribution in [1.29, 1.82) is 0 Å². The minimum atomic E-state index is -3.40. The zero-order valence-corrected chi connectivity index (χ0v) is 17.9. The lowest BCUT2D eigenvalue weighted by molar-refractivity contribution is 0.158. The Kier molecular flexibility index (Phi) is 8.81. The van der Waals surface area contributed by atoms with Crippen molar-refractivity contribution in [2.45, 2.75) is 118 Å². The summed E-state index contributed by atoms with van der Waals surface area (Å²) in [5.41, 5.74) is -0.200. The molecule has 2 unspecified atom stereocenters. The third kappa shape index (κ3) is 3.78. The highest BCUT2D eigenvalue weighted by Gasteiger charge is 2.56. The fraction of sp³-hybridized carbons (Fsp3) is 1.00. The van der Waals surface area contributed by atoms with E-state index < -0.39 is 14.8 Å². The zero-order chi connectivity index (χ0) is 18.5. The topological polar surface area (TPSA) is 37.4 Å². The first-order valence-electron chi connectivity index (χ1n) is 9.61. The molecule has 3 nitrogen and oxygen atoms in total. The number of hydrogen-bond acceptors (Lipinski definition) is 2. The van der Waals surface area contributed by atoms with Crippen LogP contribution in [0.1, 0.15) is 101 Å². The molecule has 0 aromatic rings. The van der Waals surface area contributed by atoms with Gasteiger partial charge in [0.2, 0.25) is 10.0 Å². The predicted molar refractivity (Wildman–Crippen MR) is 102 cm³/mol. The van der Waals surface area contributed by atoms with Crippen LogP contribution in [0.25, 0.3) is 0 Å². The maximum atomic E-state index is 13.9. The first-order chi connectivity index (χ1) is 10.6. The largest absolute Gasteiger partial charge is 0.220 e. The van der Waals surface area contributed by atoms with E-state index in [4.69, 9.17) is 0 Å². The van der Waals surface area contributed by atoms with Crippen LogP contribution in [0.5, 0.6) is 0 Å². The second kappa shape index (κ2) is 8.84. The highest BCUT2D eigenvalue weighted by Crippen LogP contribution is 2.50. The summed E-state index contributed by atoms with van der Waals surface area (Å²) >= 11 is 0. The van der Waals surface area contributed by atoms with E-state index in [1.165, 1.54) is 0 Å². The van der Waals surface area contributed by atoms with Gasteiger partial charge in [0.25, 0.3) is 0 Å². The van der Waals surface area contributed by atoms with Crippen LogP contribution in [0.4, 0.5) is 0 Å². The molecule has 0 spiro atoms. The lowest BCUT2D eigenvalue weighted by Gasteiger charge is -2.51. The third-order valence-electron chi connectivity index (χ3n) is 6.62. The molecule has 0 aliphatic carbocycles. The molecule has 0 aromatic heterocycles. The van der Waals surface area contributed by atoms with Crippen LogP contribution in [0, 0.1) is 5.41 Å². The molecular weight excluding hydrogens is 306 g/mol. The smallest absolute Gasteiger partial charge is 0.212 e. The SMILES string of the molecule is CCC(C)N(C(C)CC)S(=O)(=O)C(CC)(CC)C(C)(CC)CC. The molecule has 0 rings (SSSR count). The molecule has 0 fully saturated rings. The summed E-state index contributed by atoms with van der Waals surface area (Å²) in [5, 5.41) is 0. The van der Waals surface area contributed by atoms with Crippen molar-refractivity contribution in [2.75, 3.05) is 0 Å². The van der Waals surface area contributed by atoms with Crippen LogP contribution in [0.3, 0.4) is 0 Å². The molecule has 0 N–H and O–H groups in total. The van der Waals surface area contributed by atoms with E-state index in [9.17, 15) is 8.42 Å². The Bertz CT molecular complexity index is 426. The van der Waals surface area contributed by atoms with Gasteiger partial charge in [0.1, 0.15) is 0 Å². The number of rotatable bonds is 11. The van der Waals surface area contributed by atoms with Gasteiger partial charge >= 0.3 is 0 Å². The number of nitrogens with zero attached hydrogens (tertiary/aromatic N) is 1. The van der Waals surface area contributed by atoms with E-state index >= 15 is 0 Å². The molecule has 0 bridgehead atoms. The Morgan fingerprint density at radius 1 is 0.783 bits per heavy atom. The maximum absolute atomic E-state index is 13.9. The minimum absolute atomic E-state index is 0.0467. The van der Waals surface area contributed by atoms with Crippen molar-refractivity contribution in [2.24, 2.45) is 5.41 Å². The van der Waals surface area contributed by atoms with Gasteiger partial charge in [-0.05, 0) is 57.8 Å². The molecule has 0 aliphatic rings. The summed E-state index contributed by atoms with van der Waals surface area (Å²) in [7, 11) is -3.40. The molecule has 0 heterocycles. The van der Waals surface area contributed by atoms with Crippen molar-refractivity contribution in [3.05, 3.63) is 0 Å². The summed E-state index contributed by atoms with van der Waals surface area (Å²) < 4.78 is 29.0. The van der Waals surface area contributed by atoms with Crippen molar-refractivity contribution in [3.8, 4) is 0 Å². The lowest BCUT2D eigenvalue weighted by Crippen LogP contribution is -2.60. The molecule has 0 radical (unpaired) electrons. The first-order valence-corrected chi connectivity index (χ1v) is 11.1. The summed E-state index contributed by atoms with van der Waals surface area (Å²) in [6.07, 6.45) is 4.82. The van der Waals surface area contributed by atoms with Gasteiger partial charge in [-0.15, -0.1) is 0 Å². The molecule has 0 saturated carbocycles. The monoisotopic (exact) mass is 347 g/mol. The van der Waals surface area contributed by atoms with E-state index in [1.54, 1.807) is 0 Å². The molecule has 2 atom stereocenters. The lowest BCUT2D eigenvalue weighted by atomic mass is 9.69. The van der Waals surface area contributed by atoms with Crippen LogP contribution in [0.2, 0.25) is 0 Å². The van der Waals surface area contributed by atoms with Gasteiger partial charge < -0.3 is 0 Å². The summed E-state index contributed by atoms with van der Waals surface area (Å²) in [5.74, 6) is 0. The van der Waals surface area contributed by atoms with E-state index in [1.807, 2.05) is 4.31 Å². The average molecular weight is 348 g/mol. The van der Waals surface area contributed by atoms with Gasteiger partial charge in [0, 0.05) is 12.1 Å². The van der Waals surface area contributed by atoms with E-state index in [0.717, 1.165) is 25.7 Å². The highest BCUT2D eigenvalue weighted by molar-refractivity contribution is 7.90. The van der Waals surface area contributed by atoms with Crippen molar-refractivity contribution < 1.29 is 8.42 Å². The first kappa shape index (κ1) is 22.9. The number of sulfonamides is 1. The standard InChI is InChI=1S/C19H41NO2S/c1-10-16(7)20(17(8)11-2)23(21,22)19(14-5,15-6)18(9,12-3)13-4/h16-17H,10-15H2,1-9H3. The summed E-state index contributed by atoms with van der Waals surface area (Å²) in [6.45, 7) is 18.8. The quantitative estimate of drug-likeness (QED) is 0.488. The zero-order valence-electron chi connectivity index (χ0n) is 17.1. The second-order valence-corrected chi connectivity index (χ2v) is 9.47.